The molecule has 0 bridgehead atoms. The van der Waals surface area contributed by atoms with Gasteiger partial charge < -0.3 is 20.7 Å². The van der Waals surface area contributed by atoms with E-state index in [1.807, 2.05) is 6.92 Å². The molecule has 1 fully saturated rings. The fourth-order valence-electron chi connectivity index (χ4n) is 2.67. The number of anilines is 1. The molecule has 8 nitrogen and oxygen atoms in total. The van der Waals surface area contributed by atoms with Crippen LogP contribution in [0.1, 0.15) is 26.0 Å². The number of imidazole rings is 1. The standard InChI is InChI=1S/C12H16FN5O3/c1-2-12(4-19)6(20)3-7(21-12)18-5-15-8-9(14)16-11(13)17-10(8)18/h5-7,19-20H,2-4H2,1H3,(H2,14,16,17). The SMILES string of the molecule is CCC1(CO)OC(n2cnc3c(N)nc(F)nc32)CC1O. The van der Waals surface area contributed by atoms with Crippen LogP contribution in [0, 0.1) is 6.08 Å². The van der Waals surface area contributed by atoms with Gasteiger partial charge in [0, 0.05) is 6.42 Å². The van der Waals surface area contributed by atoms with Gasteiger partial charge in [-0.15, -0.1) is 0 Å². The number of fused-ring (bicyclic) bond motifs is 1. The zero-order valence-electron chi connectivity index (χ0n) is 11.4. The summed E-state index contributed by atoms with van der Waals surface area (Å²) in [5, 5.41) is 19.6. The summed E-state index contributed by atoms with van der Waals surface area (Å²) in [5.74, 6) is -0.0568. The number of aromatic nitrogens is 4. The second-order valence-electron chi connectivity index (χ2n) is 5.10. The van der Waals surface area contributed by atoms with E-state index in [0.29, 0.717) is 6.42 Å². The Kier molecular flexibility index (Phi) is 3.27. The molecule has 2 aromatic heterocycles. The Balaban J connectivity index is 2.03. The van der Waals surface area contributed by atoms with Crippen LogP contribution < -0.4 is 5.73 Å². The fourth-order valence-corrected chi connectivity index (χ4v) is 2.67. The Morgan fingerprint density at radius 2 is 2.33 bits per heavy atom. The highest BCUT2D eigenvalue weighted by molar-refractivity contribution is 5.81. The molecule has 114 valence electrons. The molecule has 1 aliphatic rings. The van der Waals surface area contributed by atoms with Crippen LogP contribution in [0.25, 0.3) is 11.2 Å². The van der Waals surface area contributed by atoms with Crippen molar-refractivity contribution >= 4 is 17.0 Å². The first kappa shape index (κ1) is 14.1. The van der Waals surface area contributed by atoms with Gasteiger partial charge in [0.25, 0.3) is 0 Å². The summed E-state index contributed by atoms with van der Waals surface area (Å²) >= 11 is 0. The maximum absolute atomic E-state index is 13.3. The van der Waals surface area contributed by atoms with Crippen LogP contribution in [0.4, 0.5) is 10.2 Å². The molecule has 3 rings (SSSR count). The molecule has 3 heterocycles. The van der Waals surface area contributed by atoms with E-state index in [0.717, 1.165) is 0 Å². The Bertz CT molecular complexity index is 672. The predicted molar refractivity (Wildman–Crippen MR) is 70.5 cm³/mol. The van der Waals surface area contributed by atoms with Crippen LogP contribution in [0.15, 0.2) is 6.33 Å². The second kappa shape index (κ2) is 4.86. The van der Waals surface area contributed by atoms with E-state index in [1.165, 1.54) is 10.9 Å². The molecule has 4 N–H and O–H groups in total. The third-order valence-electron chi connectivity index (χ3n) is 4.00. The summed E-state index contributed by atoms with van der Waals surface area (Å²) in [6.07, 6.45) is -0.297. The highest BCUT2D eigenvalue weighted by Crippen LogP contribution is 2.39. The lowest BCUT2D eigenvalue weighted by Crippen LogP contribution is -2.42. The molecule has 0 spiro atoms. The average molecular weight is 297 g/mol. The van der Waals surface area contributed by atoms with Gasteiger partial charge in [-0.25, -0.2) is 4.98 Å². The normalized spacial score (nSPS) is 29.3. The second-order valence-corrected chi connectivity index (χ2v) is 5.10. The number of aliphatic hydroxyl groups excluding tert-OH is 2. The minimum absolute atomic E-state index is 0.0568. The lowest BCUT2D eigenvalue weighted by molar-refractivity contribution is -0.128. The topological polar surface area (TPSA) is 119 Å². The van der Waals surface area contributed by atoms with Crippen molar-refractivity contribution in [2.75, 3.05) is 12.3 Å². The first-order chi connectivity index (χ1) is 10.0. The Morgan fingerprint density at radius 1 is 1.57 bits per heavy atom. The van der Waals surface area contributed by atoms with Crippen molar-refractivity contribution in [2.24, 2.45) is 0 Å². The van der Waals surface area contributed by atoms with Crippen LogP contribution in [-0.4, -0.2) is 48.0 Å². The van der Waals surface area contributed by atoms with Crippen molar-refractivity contribution in [1.82, 2.24) is 19.5 Å². The molecule has 0 amide bonds. The first-order valence-corrected chi connectivity index (χ1v) is 6.63. The number of ether oxygens (including phenoxy) is 1. The van der Waals surface area contributed by atoms with E-state index in [2.05, 4.69) is 15.0 Å². The number of hydrogen-bond acceptors (Lipinski definition) is 7. The van der Waals surface area contributed by atoms with E-state index < -0.39 is 24.0 Å². The molecule has 0 aromatic carbocycles. The minimum Gasteiger partial charge on any atom is -0.393 e. The van der Waals surface area contributed by atoms with Crippen molar-refractivity contribution in [1.29, 1.82) is 0 Å². The van der Waals surface area contributed by atoms with Gasteiger partial charge in [0.1, 0.15) is 11.8 Å². The number of halogens is 1. The van der Waals surface area contributed by atoms with Gasteiger partial charge in [0.2, 0.25) is 0 Å². The number of aliphatic hydroxyl groups is 2. The molecule has 9 heteroatoms. The predicted octanol–water partition coefficient (Wildman–Crippen LogP) is -0.0315. The molecule has 3 atom stereocenters. The van der Waals surface area contributed by atoms with Gasteiger partial charge in [-0.3, -0.25) is 4.57 Å². The highest BCUT2D eigenvalue weighted by Gasteiger charge is 2.47. The third-order valence-corrected chi connectivity index (χ3v) is 4.00. The molecule has 21 heavy (non-hydrogen) atoms. The van der Waals surface area contributed by atoms with Crippen molar-refractivity contribution < 1.29 is 19.3 Å². The lowest BCUT2D eigenvalue weighted by Gasteiger charge is -2.28. The molecule has 3 unspecified atom stereocenters. The van der Waals surface area contributed by atoms with Crippen molar-refractivity contribution in [3.05, 3.63) is 12.4 Å². The number of rotatable bonds is 3. The molecule has 1 aliphatic heterocycles. The van der Waals surface area contributed by atoms with Crippen LogP contribution in [0.2, 0.25) is 0 Å². The van der Waals surface area contributed by atoms with Gasteiger partial charge in [-0.1, -0.05) is 6.92 Å². The van der Waals surface area contributed by atoms with Crippen molar-refractivity contribution in [3.8, 4) is 0 Å². The van der Waals surface area contributed by atoms with E-state index in [1.54, 1.807) is 0 Å². The summed E-state index contributed by atoms with van der Waals surface area (Å²) in [4.78, 5) is 11.1. The minimum atomic E-state index is -1.03. The molecule has 0 aliphatic carbocycles. The Labute approximate surface area is 119 Å². The maximum atomic E-state index is 13.3. The first-order valence-electron chi connectivity index (χ1n) is 6.63. The summed E-state index contributed by atoms with van der Waals surface area (Å²) in [6.45, 7) is 1.51. The largest absolute Gasteiger partial charge is 0.393 e. The van der Waals surface area contributed by atoms with Crippen molar-refractivity contribution in [2.45, 2.75) is 37.7 Å². The molecule has 0 saturated carbocycles. The molecule has 1 saturated heterocycles. The van der Waals surface area contributed by atoms with Gasteiger partial charge in [-0.05, 0) is 6.42 Å². The third kappa shape index (κ3) is 2.04. The molecular weight excluding hydrogens is 281 g/mol. The van der Waals surface area contributed by atoms with Crippen LogP contribution in [0.3, 0.4) is 0 Å². The zero-order chi connectivity index (χ0) is 15.2. The van der Waals surface area contributed by atoms with Gasteiger partial charge >= 0.3 is 6.08 Å². The Hall–Kier alpha value is -1.84. The van der Waals surface area contributed by atoms with Gasteiger partial charge in [0.05, 0.1) is 19.0 Å². The Morgan fingerprint density at radius 3 is 2.95 bits per heavy atom. The fraction of sp³-hybridized carbons (Fsp3) is 0.583. The van der Waals surface area contributed by atoms with Gasteiger partial charge in [0.15, 0.2) is 17.0 Å². The van der Waals surface area contributed by atoms with Crippen molar-refractivity contribution in [3.63, 3.8) is 0 Å². The average Bonchev–Trinajstić information content (AvgIpc) is 3.00. The van der Waals surface area contributed by atoms with Crippen LogP contribution >= 0.6 is 0 Å². The van der Waals surface area contributed by atoms with E-state index >= 15 is 0 Å². The summed E-state index contributed by atoms with van der Waals surface area (Å²) in [7, 11) is 0. The van der Waals surface area contributed by atoms with E-state index in [-0.39, 0.29) is 30.0 Å². The summed E-state index contributed by atoms with van der Waals surface area (Å²) in [5.41, 5.74) is 5.04. The molecular formula is C12H16FN5O3. The maximum Gasteiger partial charge on any atom is 0.312 e. The monoisotopic (exact) mass is 297 g/mol. The molecule has 2 aromatic rings. The van der Waals surface area contributed by atoms with Crippen LogP contribution in [-0.2, 0) is 4.74 Å². The van der Waals surface area contributed by atoms with E-state index in [9.17, 15) is 14.6 Å². The highest BCUT2D eigenvalue weighted by atomic mass is 19.1. The van der Waals surface area contributed by atoms with Crippen LogP contribution in [0.5, 0.6) is 0 Å². The quantitative estimate of drug-likeness (QED) is 0.680. The van der Waals surface area contributed by atoms with Gasteiger partial charge in [-0.2, -0.15) is 14.4 Å². The number of nitrogens with two attached hydrogens (primary N) is 1. The number of nitrogens with zero attached hydrogens (tertiary/aromatic N) is 4. The molecule has 0 radical (unpaired) electrons. The van der Waals surface area contributed by atoms with E-state index in [4.69, 9.17) is 10.5 Å². The zero-order valence-corrected chi connectivity index (χ0v) is 11.4. The smallest absolute Gasteiger partial charge is 0.312 e. The summed E-state index contributed by atoms with van der Waals surface area (Å²) in [6, 6.07) is 0. The lowest BCUT2D eigenvalue weighted by atomic mass is 9.95. The number of hydrogen-bond donors (Lipinski definition) is 3. The number of nitrogen functional groups attached to an aromatic ring is 1. The summed E-state index contributed by atoms with van der Waals surface area (Å²) < 4.78 is 20.6.